The number of pyridine rings is 2. The van der Waals surface area contributed by atoms with Crippen LogP contribution in [0.15, 0.2) is 54.7 Å². The third-order valence-corrected chi connectivity index (χ3v) is 7.73. The second-order valence-corrected chi connectivity index (χ2v) is 10.1. The van der Waals surface area contributed by atoms with E-state index in [0.29, 0.717) is 44.1 Å². The molecule has 1 aliphatic heterocycles. The van der Waals surface area contributed by atoms with Gasteiger partial charge in [0.1, 0.15) is 15.5 Å². The molecule has 36 heavy (non-hydrogen) atoms. The fourth-order valence-corrected chi connectivity index (χ4v) is 5.94. The van der Waals surface area contributed by atoms with Crippen molar-refractivity contribution in [2.45, 2.75) is 45.1 Å². The van der Waals surface area contributed by atoms with Crippen molar-refractivity contribution < 1.29 is 14.3 Å². The van der Waals surface area contributed by atoms with Crippen molar-refractivity contribution in [3.05, 3.63) is 65.3 Å². The Morgan fingerprint density at radius 2 is 1.89 bits per heavy atom. The summed E-state index contributed by atoms with van der Waals surface area (Å²) in [6.45, 7) is 1.84. The summed E-state index contributed by atoms with van der Waals surface area (Å²) in [5.74, 6) is 0.975. The van der Waals surface area contributed by atoms with Crippen molar-refractivity contribution in [2.24, 2.45) is 0 Å². The van der Waals surface area contributed by atoms with Gasteiger partial charge in [-0.15, -0.1) is 11.3 Å². The number of para-hydroxylation sites is 1. The zero-order valence-corrected chi connectivity index (χ0v) is 20.6. The first-order valence-electron chi connectivity index (χ1n) is 12.1. The van der Waals surface area contributed by atoms with Crippen LogP contribution in [0.2, 0.25) is 0 Å². The molecule has 4 heterocycles. The van der Waals surface area contributed by atoms with Gasteiger partial charge in [-0.1, -0.05) is 37.5 Å². The summed E-state index contributed by atoms with van der Waals surface area (Å²) in [6.07, 6.45) is 7.13. The van der Waals surface area contributed by atoms with Gasteiger partial charge in [0.2, 0.25) is 5.88 Å². The molecule has 4 aromatic rings. The van der Waals surface area contributed by atoms with Gasteiger partial charge in [0.05, 0.1) is 28.1 Å². The number of nitrogens with zero attached hydrogens (tertiary/aromatic N) is 3. The van der Waals surface area contributed by atoms with Crippen LogP contribution in [0.4, 0.5) is 21.9 Å². The Labute approximate surface area is 212 Å². The Morgan fingerprint density at radius 1 is 1.08 bits per heavy atom. The summed E-state index contributed by atoms with van der Waals surface area (Å²) in [5.41, 5.74) is 2.47. The van der Waals surface area contributed by atoms with Gasteiger partial charge in [-0.3, -0.25) is 9.69 Å². The molecule has 9 heteroatoms. The maximum absolute atomic E-state index is 13.4. The lowest BCUT2D eigenvalue weighted by molar-refractivity contribution is 0.0932. The molecule has 6 rings (SSSR count). The number of hydrogen-bond donors (Lipinski definition) is 2. The van der Waals surface area contributed by atoms with Crippen LogP contribution in [0.1, 0.15) is 47.5 Å². The quantitative estimate of drug-likeness (QED) is 0.325. The Hall–Kier alpha value is -3.98. The standard InChI is InChI=1S/C27H25N5O3S/c1-16-19(12-13-21(29-16)35-18-10-6-3-7-11-18)32-20-14-15-28-26-22(20)23(31-27(32)34)24(36-26)25(33)30-17-8-4-2-5-9-17/h3,6-7,10-15,17H,2,4-5,8-9H2,1H3,(H,30,33)(H,31,34). The summed E-state index contributed by atoms with van der Waals surface area (Å²) in [7, 11) is 0. The van der Waals surface area contributed by atoms with Crippen LogP contribution in [0, 0.1) is 6.92 Å². The SMILES string of the molecule is Cc1nc(Oc2ccccc2)ccc1N1C(=O)Nc2c(C(=O)NC3CCCCC3)sc3nccc1c23. The number of carbonyl (C=O) groups is 2. The van der Waals surface area contributed by atoms with Crippen LogP contribution in [0.3, 0.4) is 0 Å². The van der Waals surface area contributed by atoms with Gasteiger partial charge in [0.15, 0.2) is 0 Å². The van der Waals surface area contributed by atoms with Crippen molar-refractivity contribution in [3.63, 3.8) is 0 Å². The number of amides is 3. The fourth-order valence-electron chi connectivity index (χ4n) is 4.91. The van der Waals surface area contributed by atoms with Crippen LogP contribution in [-0.4, -0.2) is 27.9 Å². The molecule has 3 aromatic heterocycles. The highest BCUT2D eigenvalue weighted by Gasteiger charge is 2.34. The number of carbonyl (C=O) groups excluding carboxylic acids is 2. The predicted molar refractivity (Wildman–Crippen MR) is 141 cm³/mol. The van der Waals surface area contributed by atoms with Crippen molar-refractivity contribution in [1.29, 1.82) is 0 Å². The Balaban J connectivity index is 1.34. The van der Waals surface area contributed by atoms with E-state index in [0.717, 1.165) is 31.1 Å². The van der Waals surface area contributed by atoms with Gasteiger partial charge in [0.25, 0.3) is 5.91 Å². The van der Waals surface area contributed by atoms with Gasteiger partial charge < -0.3 is 15.4 Å². The average Bonchev–Trinajstić information content (AvgIpc) is 3.26. The number of rotatable bonds is 5. The fraction of sp³-hybridized carbons (Fsp3) is 0.259. The van der Waals surface area contributed by atoms with E-state index in [2.05, 4.69) is 20.6 Å². The molecule has 1 fully saturated rings. The van der Waals surface area contributed by atoms with Gasteiger partial charge in [-0.25, -0.2) is 14.8 Å². The Kier molecular flexibility index (Phi) is 5.77. The second-order valence-electron chi connectivity index (χ2n) is 9.06. The maximum Gasteiger partial charge on any atom is 0.331 e. The molecule has 182 valence electrons. The van der Waals surface area contributed by atoms with E-state index < -0.39 is 0 Å². The predicted octanol–water partition coefficient (Wildman–Crippen LogP) is 6.54. The monoisotopic (exact) mass is 499 g/mol. The number of nitrogens with one attached hydrogen (secondary N) is 2. The highest BCUT2D eigenvalue weighted by Crippen LogP contribution is 2.46. The van der Waals surface area contributed by atoms with E-state index in [1.165, 1.54) is 17.8 Å². The molecule has 0 saturated heterocycles. The molecule has 1 saturated carbocycles. The van der Waals surface area contributed by atoms with E-state index in [-0.39, 0.29) is 18.0 Å². The van der Waals surface area contributed by atoms with E-state index in [4.69, 9.17) is 4.74 Å². The molecule has 0 radical (unpaired) electrons. The third kappa shape index (κ3) is 4.05. The van der Waals surface area contributed by atoms with E-state index in [1.807, 2.05) is 43.3 Å². The number of ether oxygens (including phenoxy) is 1. The lowest BCUT2D eigenvalue weighted by atomic mass is 9.95. The van der Waals surface area contributed by atoms with Crippen LogP contribution in [0.5, 0.6) is 11.6 Å². The normalized spacial score (nSPS) is 15.6. The number of aromatic nitrogens is 2. The molecular weight excluding hydrogens is 474 g/mol. The molecule has 0 unspecified atom stereocenters. The molecule has 0 spiro atoms. The number of aryl methyl sites for hydroxylation is 1. The number of benzene rings is 1. The highest BCUT2D eigenvalue weighted by atomic mass is 32.1. The van der Waals surface area contributed by atoms with E-state index >= 15 is 0 Å². The zero-order chi connectivity index (χ0) is 24.6. The van der Waals surface area contributed by atoms with Gasteiger partial charge in [-0.2, -0.15) is 0 Å². The molecule has 3 amide bonds. The van der Waals surface area contributed by atoms with Crippen LogP contribution in [0.25, 0.3) is 10.2 Å². The largest absolute Gasteiger partial charge is 0.439 e. The maximum atomic E-state index is 13.4. The Morgan fingerprint density at radius 3 is 2.67 bits per heavy atom. The van der Waals surface area contributed by atoms with Crippen molar-refractivity contribution >= 4 is 50.6 Å². The minimum absolute atomic E-state index is 0.153. The summed E-state index contributed by atoms with van der Waals surface area (Å²) >= 11 is 1.31. The molecule has 8 nitrogen and oxygen atoms in total. The second kappa shape index (κ2) is 9.23. The number of anilines is 3. The lowest BCUT2D eigenvalue weighted by Crippen LogP contribution is -2.37. The van der Waals surface area contributed by atoms with Crippen molar-refractivity contribution in [3.8, 4) is 11.6 Å². The minimum atomic E-state index is -0.346. The average molecular weight is 500 g/mol. The summed E-state index contributed by atoms with van der Waals surface area (Å²) in [4.78, 5) is 38.4. The number of thiophene rings is 1. The van der Waals surface area contributed by atoms with E-state index in [9.17, 15) is 9.59 Å². The van der Waals surface area contributed by atoms with Crippen LogP contribution in [-0.2, 0) is 0 Å². The smallest absolute Gasteiger partial charge is 0.331 e. The van der Waals surface area contributed by atoms with Crippen molar-refractivity contribution in [2.75, 3.05) is 10.2 Å². The molecule has 1 aromatic carbocycles. The Bertz CT molecular complexity index is 1460. The number of urea groups is 1. The van der Waals surface area contributed by atoms with Gasteiger partial charge in [0, 0.05) is 18.3 Å². The first-order valence-corrected chi connectivity index (χ1v) is 12.9. The molecular formula is C27H25N5O3S. The van der Waals surface area contributed by atoms with Gasteiger partial charge >= 0.3 is 6.03 Å². The van der Waals surface area contributed by atoms with Gasteiger partial charge in [-0.05, 0) is 44.0 Å². The van der Waals surface area contributed by atoms with Crippen LogP contribution < -0.4 is 20.3 Å². The number of hydrogen-bond acceptors (Lipinski definition) is 6. The molecule has 2 N–H and O–H groups in total. The molecule has 0 bridgehead atoms. The summed E-state index contributed by atoms with van der Waals surface area (Å²) in [5, 5.41) is 6.88. The lowest BCUT2D eigenvalue weighted by Gasteiger charge is -2.29. The molecule has 1 aliphatic carbocycles. The summed E-state index contributed by atoms with van der Waals surface area (Å²) in [6, 6.07) is 14.6. The third-order valence-electron chi connectivity index (χ3n) is 6.63. The molecule has 2 aliphatic rings. The zero-order valence-electron chi connectivity index (χ0n) is 19.8. The topological polar surface area (TPSA) is 96.5 Å². The highest BCUT2D eigenvalue weighted by molar-refractivity contribution is 7.21. The minimum Gasteiger partial charge on any atom is -0.439 e. The first-order chi connectivity index (χ1) is 17.6. The molecule has 0 atom stereocenters. The van der Waals surface area contributed by atoms with Crippen LogP contribution >= 0.6 is 11.3 Å². The first kappa shape index (κ1) is 22.5. The van der Waals surface area contributed by atoms with E-state index in [1.54, 1.807) is 23.2 Å². The van der Waals surface area contributed by atoms with Crippen molar-refractivity contribution in [1.82, 2.24) is 15.3 Å². The summed E-state index contributed by atoms with van der Waals surface area (Å²) < 4.78 is 5.85.